The van der Waals surface area contributed by atoms with Crippen LogP contribution < -0.4 is 0 Å². The van der Waals surface area contributed by atoms with E-state index in [2.05, 4.69) is 9.78 Å². The molecule has 1 rings (SSSR count). The van der Waals surface area contributed by atoms with E-state index in [0.717, 1.165) is 19.3 Å². The number of hydrogen-bond acceptors (Lipinski definition) is 3. The summed E-state index contributed by atoms with van der Waals surface area (Å²) in [5.74, 6) is -0.217. The molecule has 3 heteroatoms. The van der Waals surface area contributed by atoms with Gasteiger partial charge < -0.3 is 0 Å². The van der Waals surface area contributed by atoms with Gasteiger partial charge in [0, 0.05) is 0 Å². The zero-order valence-electron chi connectivity index (χ0n) is 7.05. The van der Waals surface area contributed by atoms with Crippen LogP contribution in [0.25, 0.3) is 0 Å². The zero-order chi connectivity index (χ0) is 8.32. The Kier molecular flexibility index (Phi) is 2.49. The van der Waals surface area contributed by atoms with Crippen LogP contribution in [0.15, 0.2) is 0 Å². The lowest BCUT2D eigenvalue weighted by molar-refractivity contribution is -0.281. The number of carbonyl (C=O) groups is 1. The smallest absolute Gasteiger partial charge is 0.298 e. The van der Waals surface area contributed by atoms with Gasteiger partial charge in [0.15, 0.2) is 0 Å². The number of carbonyl (C=O) groups excluding carboxylic acids is 1. The van der Waals surface area contributed by atoms with E-state index in [0.29, 0.717) is 6.61 Å². The first kappa shape index (κ1) is 8.53. The van der Waals surface area contributed by atoms with Crippen LogP contribution in [0, 0.1) is 5.41 Å². The molecule has 0 N–H and O–H groups in total. The molecule has 1 aliphatic rings. The molecule has 64 valence electrons. The van der Waals surface area contributed by atoms with E-state index in [9.17, 15) is 4.79 Å². The molecule has 0 spiro atoms. The van der Waals surface area contributed by atoms with Crippen molar-refractivity contribution in [3.05, 3.63) is 0 Å². The van der Waals surface area contributed by atoms with Crippen LogP contribution in [0.3, 0.4) is 0 Å². The molecule has 0 amide bonds. The van der Waals surface area contributed by atoms with Crippen molar-refractivity contribution in [2.24, 2.45) is 5.41 Å². The average Bonchev–Trinajstić information content (AvgIpc) is 1.95. The lowest BCUT2D eigenvalue weighted by Crippen LogP contribution is -2.36. The van der Waals surface area contributed by atoms with Crippen molar-refractivity contribution in [3.63, 3.8) is 0 Å². The molecular formula is C8H14O3. The van der Waals surface area contributed by atoms with E-state index in [1.807, 2.05) is 6.92 Å². The molecule has 0 aliphatic heterocycles. The highest BCUT2D eigenvalue weighted by Crippen LogP contribution is 2.41. The van der Waals surface area contributed by atoms with Gasteiger partial charge in [0.2, 0.25) is 0 Å². The molecule has 1 aliphatic carbocycles. The molecule has 0 radical (unpaired) electrons. The Balaban J connectivity index is 2.28. The summed E-state index contributed by atoms with van der Waals surface area (Å²) in [7, 11) is 0. The van der Waals surface area contributed by atoms with Gasteiger partial charge in [0.05, 0.1) is 12.0 Å². The Bertz CT molecular complexity index is 149. The number of hydrogen-bond donors (Lipinski definition) is 0. The van der Waals surface area contributed by atoms with Gasteiger partial charge in [-0.2, -0.15) is 4.89 Å². The van der Waals surface area contributed by atoms with Crippen LogP contribution in [0.4, 0.5) is 0 Å². The average molecular weight is 158 g/mol. The molecule has 1 fully saturated rings. The van der Waals surface area contributed by atoms with Crippen molar-refractivity contribution >= 4 is 5.97 Å². The molecule has 0 saturated heterocycles. The van der Waals surface area contributed by atoms with Gasteiger partial charge in [-0.1, -0.05) is 6.42 Å². The molecule has 0 aromatic rings. The lowest BCUT2D eigenvalue weighted by Gasteiger charge is -2.34. The van der Waals surface area contributed by atoms with Crippen LogP contribution in [0.5, 0.6) is 0 Å². The third kappa shape index (κ3) is 1.71. The van der Waals surface area contributed by atoms with Crippen molar-refractivity contribution in [1.82, 2.24) is 0 Å². The van der Waals surface area contributed by atoms with E-state index in [-0.39, 0.29) is 11.4 Å². The first-order valence-corrected chi connectivity index (χ1v) is 4.03. The van der Waals surface area contributed by atoms with Crippen LogP contribution in [0.2, 0.25) is 0 Å². The molecule has 0 bridgehead atoms. The summed E-state index contributed by atoms with van der Waals surface area (Å²) in [5, 5.41) is 0. The minimum absolute atomic E-state index is 0.217. The minimum Gasteiger partial charge on any atom is -0.298 e. The maximum absolute atomic E-state index is 11.2. The van der Waals surface area contributed by atoms with Crippen molar-refractivity contribution in [2.45, 2.75) is 33.1 Å². The van der Waals surface area contributed by atoms with Crippen molar-refractivity contribution in [2.75, 3.05) is 6.61 Å². The monoisotopic (exact) mass is 158 g/mol. The predicted octanol–water partition coefficient (Wildman–Crippen LogP) is 1.67. The lowest BCUT2D eigenvalue weighted by atomic mass is 9.71. The second kappa shape index (κ2) is 3.22. The summed E-state index contributed by atoms with van der Waals surface area (Å²) >= 11 is 0. The molecule has 0 aromatic carbocycles. The van der Waals surface area contributed by atoms with Gasteiger partial charge in [-0.25, -0.2) is 4.79 Å². The highest BCUT2D eigenvalue weighted by molar-refractivity contribution is 5.76. The van der Waals surface area contributed by atoms with Gasteiger partial charge >= 0.3 is 5.97 Å². The summed E-state index contributed by atoms with van der Waals surface area (Å²) in [6.07, 6.45) is 2.98. The molecule has 0 unspecified atom stereocenters. The second-order valence-corrected chi connectivity index (χ2v) is 3.19. The topological polar surface area (TPSA) is 35.5 Å². The summed E-state index contributed by atoms with van der Waals surface area (Å²) in [5.41, 5.74) is -0.255. The molecule has 0 aromatic heterocycles. The van der Waals surface area contributed by atoms with E-state index < -0.39 is 0 Å². The molecular weight excluding hydrogens is 144 g/mol. The first-order valence-electron chi connectivity index (χ1n) is 4.03. The minimum atomic E-state index is -0.255. The maximum atomic E-state index is 11.2. The normalized spacial score (nSPS) is 20.5. The quantitative estimate of drug-likeness (QED) is 0.463. The Morgan fingerprint density at radius 2 is 2.18 bits per heavy atom. The zero-order valence-corrected chi connectivity index (χ0v) is 7.05. The van der Waals surface area contributed by atoms with Gasteiger partial charge in [0.1, 0.15) is 0 Å². The van der Waals surface area contributed by atoms with Crippen LogP contribution >= 0.6 is 0 Å². The van der Waals surface area contributed by atoms with Gasteiger partial charge in [0.25, 0.3) is 0 Å². The molecule has 0 heterocycles. The first-order chi connectivity index (χ1) is 5.19. The number of rotatable bonds is 3. The third-order valence-corrected chi connectivity index (χ3v) is 2.20. The van der Waals surface area contributed by atoms with E-state index in [4.69, 9.17) is 0 Å². The second-order valence-electron chi connectivity index (χ2n) is 3.19. The van der Waals surface area contributed by atoms with Crippen molar-refractivity contribution in [1.29, 1.82) is 0 Å². The fourth-order valence-corrected chi connectivity index (χ4v) is 1.12. The fourth-order valence-electron chi connectivity index (χ4n) is 1.12. The molecule has 1 saturated carbocycles. The highest BCUT2D eigenvalue weighted by Gasteiger charge is 2.41. The van der Waals surface area contributed by atoms with E-state index >= 15 is 0 Å². The standard InChI is InChI=1S/C8H14O3/c1-3-10-11-7(9)8(2)5-4-6-8/h3-6H2,1-2H3. The Morgan fingerprint density at radius 3 is 2.55 bits per heavy atom. The van der Waals surface area contributed by atoms with Crippen molar-refractivity contribution < 1.29 is 14.6 Å². The molecule has 0 atom stereocenters. The van der Waals surface area contributed by atoms with Crippen molar-refractivity contribution in [3.8, 4) is 0 Å². The fraction of sp³-hybridized carbons (Fsp3) is 0.875. The van der Waals surface area contributed by atoms with E-state index in [1.165, 1.54) is 0 Å². The highest BCUT2D eigenvalue weighted by atomic mass is 17.2. The Hall–Kier alpha value is -0.570. The Labute approximate surface area is 66.6 Å². The summed E-state index contributed by atoms with van der Waals surface area (Å²) in [4.78, 5) is 20.3. The SMILES string of the molecule is CCOOC(=O)C1(C)CCC1. The van der Waals surface area contributed by atoms with Crippen LogP contribution in [-0.4, -0.2) is 12.6 Å². The summed E-state index contributed by atoms with van der Waals surface area (Å²) in [6.45, 7) is 4.12. The van der Waals surface area contributed by atoms with Gasteiger partial charge in [-0.3, -0.25) is 4.89 Å². The predicted molar refractivity (Wildman–Crippen MR) is 39.7 cm³/mol. The third-order valence-electron chi connectivity index (χ3n) is 2.20. The largest absolute Gasteiger partial charge is 0.348 e. The summed E-state index contributed by atoms with van der Waals surface area (Å²) in [6, 6.07) is 0. The molecule has 3 nitrogen and oxygen atoms in total. The molecule has 11 heavy (non-hydrogen) atoms. The van der Waals surface area contributed by atoms with Gasteiger partial charge in [-0.15, -0.1) is 0 Å². The summed E-state index contributed by atoms with van der Waals surface area (Å²) < 4.78 is 0. The Morgan fingerprint density at radius 1 is 1.55 bits per heavy atom. The van der Waals surface area contributed by atoms with E-state index in [1.54, 1.807) is 6.92 Å². The van der Waals surface area contributed by atoms with Gasteiger partial charge in [-0.05, 0) is 26.7 Å². The van der Waals surface area contributed by atoms with Crippen LogP contribution in [0.1, 0.15) is 33.1 Å². The van der Waals surface area contributed by atoms with Crippen LogP contribution in [-0.2, 0) is 14.6 Å². The maximum Gasteiger partial charge on any atom is 0.348 e.